The number of carbonyl (C=O) groups is 1. The first-order valence-corrected chi connectivity index (χ1v) is 21.3. The Hall–Kier alpha value is 0.104. The van der Waals surface area contributed by atoms with Crippen molar-refractivity contribution in [2.24, 2.45) is 21.7 Å². The van der Waals surface area contributed by atoms with Crippen LogP contribution in [0.15, 0.2) is 0 Å². The molecule has 0 aromatic rings. The fourth-order valence-corrected chi connectivity index (χ4v) is 30.3. The molecular weight excluding hydrogens is 493 g/mol. The van der Waals surface area contributed by atoms with E-state index in [1.54, 1.807) is 0 Å². The summed E-state index contributed by atoms with van der Waals surface area (Å²) in [5.74, 6) is 0.739. The molecule has 3 rings (SSSR count). The molecule has 222 valence electrons. The average molecular weight is 561 g/mol. The average Bonchev–Trinajstić information content (AvgIpc) is 3.27. The third-order valence-electron chi connectivity index (χ3n) is 14.6. The van der Waals surface area contributed by atoms with E-state index in [2.05, 4.69) is 111 Å². The summed E-state index contributed by atoms with van der Waals surface area (Å²) in [7, 11) is -3.25. The molecule has 0 bridgehead atoms. The van der Waals surface area contributed by atoms with Crippen LogP contribution >= 0.6 is 0 Å². The first-order chi connectivity index (χ1) is 17.1. The summed E-state index contributed by atoms with van der Waals surface area (Å²) in [5.41, 5.74) is 6.19. The van der Waals surface area contributed by atoms with Crippen molar-refractivity contribution < 1.29 is 4.79 Å². The van der Waals surface area contributed by atoms with Crippen LogP contribution in [0.4, 0.5) is 0 Å². The highest BCUT2D eigenvalue weighted by molar-refractivity contribution is 6.85. The van der Waals surface area contributed by atoms with Gasteiger partial charge in [-0.05, 0) is 60.4 Å². The number of rotatable bonds is 8. The zero-order valence-corrected chi connectivity index (χ0v) is 30.8. The van der Waals surface area contributed by atoms with Gasteiger partial charge in [0.15, 0.2) is 0 Å². The molecule has 0 radical (unpaired) electrons. The molecule has 0 aromatic heterocycles. The lowest BCUT2D eigenvalue weighted by Crippen LogP contribution is -2.49. The zero-order chi connectivity index (χ0) is 29.4. The Morgan fingerprint density at radius 1 is 0.500 bits per heavy atom. The van der Waals surface area contributed by atoms with E-state index in [-0.39, 0.29) is 21.7 Å². The minimum atomic E-state index is -1.63. The van der Waals surface area contributed by atoms with Gasteiger partial charge in [0.1, 0.15) is 5.78 Å². The van der Waals surface area contributed by atoms with Crippen LogP contribution < -0.4 is 0 Å². The molecule has 3 heteroatoms. The molecule has 3 aliphatic rings. The second kappa shape index (κ2) is 10.1. The van der Waals surface area contributed by atoms with E-state index in [1.807, 2.05) is 0 Å². The Balaban J connectivity index is 2.10. The van der Waals surface area contributed by atoms with Crippen LogP contribution in [0.1, 0.15) is 149 Å². The van der Waals surface area contributed by atoms with Crippen LogP contribution in [0.5, 0.6) is 0 Å². The van der Waals surface area contributed by atoms with Gasteiger partial charge in [0, 0.05) is 10.8 Å². The molecule has 0 unspecified atom stereocenters. The van der Waals surface area contributed by atoms with Gasteiger partial charge in [-0.3, -0.25) is 4.79 Å². The van der Waals surface area contributed by atoms with Gasteiger partial charge in [-0.2, -0.15) is 0 Å². The van der Waals surface area contributed by atoms with Crippen LogP contribution in [0, 0.1) is 21.7 Å². The summed E-state index contributed by atoms with van der Waals surface area (Å²) in [4.78, 5) is 15.4. The Bertz CT molecular complexity index is 765. The first kappa shape index (κ1) is 32.6. The molecule has 3 aliphatic carbocycles. The topological polar surface area (TPSA) is 17.1 Å². The molecule has 1 nitrogen and oxygen atoms in total. The van der Waals surface area contributed by atoms with Gasteiger partial charge >= 0.3 is 0 Å². The van der Waals surface area contributed by atoms with E-state index >= 15 is 4.79 Å². The first-order valence-electron chi connectivity index (χ1n) is 16.7. The lowest BCUT2D eigenvalue weighted by atomic mass is 9.60. The molecule has 0 saturated heterocycles. The Morgan fingerprint density at radius 2 is 0.737 bits per heavy atom. The molecule has 4 atom stereocenters. The monoisotopic (exact) mass is 560 g/mol. The standard InChI is InChI=1S/C35H68OSi2/c1-23(2)37(24(3)4,25(5)6)29-19-32(13,14)34(21-29)17-18-35(31(34)36)22-30(20-33(35,15)16)38(26(7)8,27(9)10)28(11)12/h23-30H,17-22H2,1-16H3/t29-,30+,34-,35+. The number of hydrogen-bond acceptors (Lipinski definition) is 1. The smallest absolute Gasteiger partial charge is 0.146 e. The van der Waals surface area contributed by atoms with E-state index in [0.29, 0.717) is 0 Å². The van der Waals surface area contributed by atoms with Crippen molar-refractivity contribution in [3.05, 3.63) is 0 Å². The molecule has 0 N–H and O–H groups in total. The van der Waals surface area contributed by atoms with Crippen LogP contribution in [0.2, 0.25) is 44.3 Å². The Labute approximate surface area is 241 Å². The largest absolute Gasteiger partial charge is 0.298 e. The summed E-state index contributed by atoms with van der Waals surface area (Å²) >= 11 is 0. The van der Waals surface area contributed by atoms with Gasteiger partial charge in [-0.25, -0.2) is 0 Å². The van der Waals surface area contributed by atoms with Gasteiger partial charge in [0.05, 0.1) is 16.1 Å². The normalized spacial score (nSPS) is 33.7. The van der Waals surface area contributed by atoms with Crippen molar-refractivity contribution in [3.8, 4) is 0 Å². The lowest BCUT2D eigenvalue weighted by molar-refractivity contribution is -0.142. The van der Waals surface area contributed by atoms with Crippen molar-refractivity contribution in [1.82, 2.24) is 0 Å². The lowest BCUT2D eigenvalue weighted by Gasteiger charge is -2.48. The van der Waals surface area contributed by atoms with Crippen LogP contribution in [0.25, 0.3) is 0 Å². The molecule has 0 aromatic carbocycles. The SMILES string of the molecule is CC(C)[Si](C(C)C)(C(C)C)[C@@H]1CC(C)(C)[C@]2(CC[C@]3(C[C@@H]([Si](C(C)C)(C(C)C)C(C)C)CC3(C)C)C2=O)C1. The summed E-state index contributed by atoms with van der Waals surface area (Å²) in [6.45, 7) is 40.4. The van der Waals surface area contributed by atoms with E-state index in [4.69, 9.17) is 0 Å². The molecule has 3 saturated carbocycles. The summed E-state index contributed by atoms with van der Waals surface area (Å²) in [5, 5.41) is 0. The number of Topliss-reactive ketones (excluding diaryl/α,β-unsaturated/α-hetero) is 1. The highest BCUT2D eigenvalue weighted by Crippen LogP contribution is 2.77. The van der Waals surface area contributed by atoms with Crippen molar-refractivity contribution in [2.45, 2.75) is 194 Å². The van der Waals surface area contributed by atoms with E-state index in [0.717, 1.165) is 63.0 Å². The third kappa shape index (κ3) is 4.03. The maximum absolute atomic E-state index is 15.4. The Kier molecular flexibility index (Phi) is 8.69. The van der Waals surface area contributed by atoms with Gasteiger partial charge in [-0.15, -0.1) is 0 Å². The molecule has 3 fully saturated rings. The highest BCUT2D eigenvalue weighted by Gasteiger charge is 2.73. The zero-order valence-electron chi connectivity index (χ0n) is 28.8. The summed E-state index contributed by atoms with van der Waals surface area (Å²) < 4.78 is 0. The predicted molar refractivity (Wildman–Crippen MR) is 175 cm³/mol. The van der Waals surface area contributed by atoms with Crippen molar-refractivity contribution >= 4 is 21.9 Å². The van der Waals surface area contributed by atoms with Gasteiger partial charge < -0.3 is 0 Å². The van der Waals surface area contributed by atoms with Gasteiger partial charge in [0.2, 0.25) is 0 Å². The van der Waals surface area contributed by atoms with Crippen molar-refractivity contribution in [2.75, 3.05) is 0 Å². The van der Waals surface area contributed by atoms with Crippen molar-refractivity contribution in [1.29, 1.82) is 0 Å². The number of ketones is 1. The Morgan fingerprint density at radius 3 is 0.947 bits per heavy atom. The van der Waals surface area contributed by atoms with E-state index < -0.39 is 16.1 Å². The minimum Gasteiger partial charge on any atom is -0.298 e. The molecular formula is C35H68OSi2. The number of carbonyl (C=O) groups excluding carboxylic acids is 1. The van der Waals surface area contributed by atoms with Crippen LogP contribution in [-0.4, -0.2) is 21.9 Å². The maximum Gasteiger partial charge on any atom is 0.146 e. The van der Waals surface area contributed by atoms with Gasteiger partial charge in [-0.1, -0.05) is 144 Å². The second-order valence-electron chi connectivity index (χ2n) is 17.9. The minimum absolute atomic E-state index is 0.0988. The van der Waals surface area contributed by atoms with E-state index in [1.165, 1.54) is 25.7 Å². The molecule has 0 amide bonds. The third-order valence-corrected chi connectivity index (χ3v) is 30.2. The number of hydrogen-bond donors (Lipinski definition) is 0. The molecule has 0 heterocycles. The van der Waals surface area contributed by atoms with Crippen LogP contribution in [0.3, 0.4) is 0 Å². The summed E-state index contributed by atoms with van der Waals surface area (Å²) in [6, 6.07) is 0. The quantitative estimate of drug-likeness (QED) is 0.270. The second-order valence-corrected chi connectivity index (χ2v) is 30.5. The van der Waals surface area contributed by atoms with Crippen LogP contribution in [-0.2, 0) is 4.79 Å². The molecule has 38 heavy (non-hydrogen) atoms. The van der Waals surface area contributed by atoms with E-state index in [9.17, 15) is 0 Å². The fraction of sp³-hybridized carbons (Fsp3) is 0.971. The summed E-state index contributed by atoms with van der Waals surface area (Å²) in [6.07, 6.45) is 7.27. The molecule has 2 spiro atoms. The van der Waals surface area contributed by atoms with Gasteiger partial charge in [0.25, 0.3) is 0 Å². The predicted octanol–water partition coefficient (Wildman–Crippen LogP) is 12.1. The van der Waals surface area contributed by atoms with Crippen molar-refractivity contribution in [3.63, 3.8) is 0 Å². The maximum atomic E-state index is 15.4. The molecule has 0 aliphatic heterocycles. The highest BCUT2D eigenvalue weighted by atomic mass is 28.3. The fourth-order valence-electron chi connectivity index (χ4n) is 13.5.